The highest BCUT2D eigenvalue weighted by Crippen LogP contribution is 2.09. The van der Waals surface area contributed by atoms with Crippen LogP contribution in [0.5, 0.6) is 0 Å². The fraction of sp³-hybridized carbons (Fsp3) is 0.300. The molecule has 2 N–H and O–H groups in total. The molecule has 2 heterocycles. The fourth-order valence-electron chi connectivity index (χ4n) is 1.34. The molecule has 78 valence electrons. The van der Waals surface area contributed by atoms with Gasteiger partial charge in [0, 0.05) is 12.5 Å². The highest BCUT2D eigenvalue weighted by atomic mass is 16.1. The third-order valence-electron chi connectivity index (χ3n) is 2.03. The average molecular weight is 204 g/mol. The minimum Gasteiger partial charge on any atom is -0.319 e. The average Bonchev–Trinajstić information content (AvgIpc) is 2.67. The second kappa shape index (κ2) is 4.08. The van der Waals surface area contributed by atoms with E-state index in [0.29, 0.717) is 11.5 Å². The lowest BCUT2D eigenvalue weighted by molar-refractivity contribution is 0.841. The van der Waals surface area contributed by atoms with Crippen molar-refractivity contribution >= 4 is 0 Å². The molecule has 0 saturated carbocycles. The predicted molar refractivity (Wildman–Crippen MR) is 56.4 cm³/mol. The number of pyridine rings is 1. The summed E-state index contributed by atoms with van der Waals surface area (Å²) in [5.74, 6) is 1.38. The Labute approximate surface area is 86.6 Å². The quantitative estimate of drug-likeness (QED) is 0.786. The Morgan fingerprint density at radius 1 is 1.40 bits per heavy atom. The number of rotatable bonds is 3. The summed E-state index contributed by atoms with van der Waals surface area (Å²) < 4.78 is 0. The zero-order chi connectivity index (χ0) is 10.7. The van der Waals surface area contributed by atoms with Crippen LogP contribution in [-0.2, 0) is 6.42 Å². The van der Waals surface area contributed by atoms with Gasteiger partial charge in [-0.25, -0.2) is 4.98 Å². The third kappa shape index (κ3) is 2.12. The van der Waals surface area contributed by atoms with Gasteiger partial charge < -0.3 is 4.98 Å². The molecule has 15 heavy (non-hydrogen) atoms. The topological polar surface area (TPSA) is 74.4 Å². The van der Waals surface area contributed by atoms with Gasteiger partial charge in [0.2, 0.25) is 5.56 Å². The fourth-order valence-corrected chi connectivity index (χ4v) is 1.34. The SMILES string of the molecule is CCCc1nc(-c2cccc(=O)[nH]2)n[nH]1. The summed E-state index contributed by atoms with van der Waals surface area (Å²) in [5, 5.41) is 6.88. The van der Waals surface area contributed by atoms with Crippen molar-refractivity contribution in [1.82, 2.24) is 20.2 Å². The molecular weight excluding hydrogens is 192 g/mol. The molecule has 0 aliphatic rings. The number of aromatic amines is 2. The molecule has 2 rings (SSSR count). The van der Waals surface area contributed by atoms with Crippen molar-refractivity contribution in [3.8, 4) is 11.5 Å². The van der Waals surface area contributed by atoms with Crippen LogP contribution in [0.2, 0.25) is 0 Å². The van der Waals surface area contributed by atoms with Gasteiger partial charge in [0.25, 0.3) is 0 Å². The van der Waals surface area contributed by atoms with Gasteiger partial charge >= 0.3 is 0 Å². The van der Waals surface area contributed by atoms with Crippen LogP contribution in [0.1, 0.15) is 19.2 Å². The lowest BCUT2D eigenvalue weighted by Crippen LogP contribution is -2.04. The van der Waals surface area contributed by atoms with E-state index >= 15 is 0 Å². The molecule has 0 fully saturated rings. The zero-order valence-corrected chi connectivity index (χ0v) is 8.45. The summed E-state index contributed by atoms with van der Waals surface area (Å²) in [7, 11) is 0. The smallest absolute Gasteiger partial charge is 0.248 e. The van der Waals surface area contributed by atoms with E-state index in [1.165, 1.54) is 6.07 Å². The van der Waals surface area contributed by atoms with Crippen LogP contribution in [-0.4, -0.2) is 20.2 Å². The van der Waals surface area contributed by atoms with Crippen LogP contribution in [0.4, 0.5) is 0 Å². The van der Waals surface area contributed by atoms with Gasteiger partial charge in [-0.2, -0.15) is 5.10 Å². The van der Waals surface area contributed by atoms with E-state index in [1.807, 2.05) is 0 Å². The van der Waals surface area contributed by atoms with E-state index < -0.39 is 0 Å². The summed E-state index contributed by atoms with van der Waals surface area (Å²) in [6, 6.07) is 4.92. The molecule has 0 unspecified atom stereocenters. The molecule has 2 aromatic rings. The predicted octanol–water partition coefficient (Wildman–Crippen LogP) is 1.11. The number of aromatic nitrogens is 4. The maximum atomic E-state index is 11.1. The van der Waals surface area contributed by atoms with Gasteiger partial charge in [-0.1, -0.05) is 13.0 Å². The Kier molecular flexibility index (Phi) is 2.62. The summed E-state index contributed by atoms with van der Waals surface area (Å²) in [6.07, 6.45) is 1.88. The maximum absolute atomic E-state index is 11.1. The van der Waals surface area contributed by atoms with Gasteiger partial charge in [-0.3, -0.25) is 9.89 Å². The Balaban J connectivity index is 2.33. The molecule has 0 bridgehead atoms. The van der Waals surface area contributed by atoms with Crippen molar-refractivity contribution in [2.24, 2.45) is 0 Å². The van der Waals surface area contributed by atoms with Gasteiger partial charge in [-0.15, -0.1) is 0 Å². The monoisotopic (exact) mass is 204 g/mol. The van der Waals surface area contributed by atoms with Crippen LogP contribution in [0.3, 0.4) is 0 Å². The Hall–Kier alpha value is -1.91. The second-order valence-electron chi connectivity index (χ2n) is 3.28. The zero-order valence-electron chi connectivity index (χ0n) is 8.45. The molecular formula is C10H12N4O. The van der Waals surface area contributed by atoms with E-state index in [0.717, 1.165) is 18.7 Å². The minimum atomic E-state index is -0.144. The highest BCUT2D eigenvalue weighted by Gasteiger charge is 2.05. The third-order valence-corrected chi connectivity index (χ3v) is 2.03. The van der Waals surface area contributed by atoms with Gasteiger partial charge in [0.15, 0.2) is 5.82 Å². The number of hydrogen-bond donors (Lipinski definition) is 2. The van der Waals surface area contributed by atoms with Crippen molar-refractivity contribution < 1.29 is 0 Å². The molecule has 5 nitrogen and oxygen atoms in total. The molecule has 0 saturated heterocycles. The van der Waals surface area contributed by atoms with Crippen LogP contribution in [0.25, 0.3) is 11.5 Å². The molecule has 0 aliphatic carbocycles. The second-order valence-corrected chi connectivity index (χ2v) is 3.28. The highest BCUT2D eigenvalue weighted by molar-refractivity contribution is 5.47. The first-order valence-corrected chi connectivity index (χ1v) is 4.90. The normalized spacial score (nSPS) is 10.5. The molecule has 0 atom stereocenters. The molecule has 0 amide bonds. The van der Waals surface area contributed by atoms with Crippen molar-refractivity contribution in [2.45, 2.75) is 19.8 Å². The number of nitrogens with zero attached hydrogens (tertiary/aromatic N) is 2. The van der Waals surface area contributed by atoms with E-state index in [2.05, 4.69) is 27.1 Å². The first-order valence-electron chi connectivity index (χ1n) is 4.90. The van der Waals surface area contributed by atoms with Crippen molar-refractivity contribution in [3.63, 3.8) is 0 Å². The molecule has 0 aliphatic heterocycles. The Bertz CT molecular complexity index is 500. The maximum Gasteiger partial charge on any atom is 0.248 e. The summed E-state index contributed by atoms with van der Waals surface area (Å²) in [5.41, 5.74) is 0.496. The molecule has 0 radical (unpaired) electrons. The summed E-state index contributed by atoms with van der Waals surface area (Å²) in [6.45, 7) is 2.08. The van der Waals surface area contributed by atoms with Crippen LogP contribution in [0.15, 0.2) is 23.0 Å². The summed E-state index contributed by atoms with van der Waals surface area (Å²) in [4.78, 5) is 18.0. The minimum absolute atomic E-state index is 0.144. The first-order chi connectivity index (χ1) is 7.29. The van der Waals surface area contributed by atoms with Gasteiger partial charge in [0.1, 0.15) is 5.82 Å². The number of nitrogens with one attached hydrogen (secondary N) is 2. The van der Waals surface area contributed by atoms with E-state index in [-0.39, 0.29) is 5.56 Å². The largest absolute Gasteiger partial charge is 0.319 e. The number of H-pyrrole nitrogens is 2. The van der Waals surface area contributed by atoms with E-state index in [9.17, 15) is 4.79 Å². The van der Waals surface area contributed by atoms with Crippen LogP contribution < -0.4 is 5.56 Å². The Morgan fingerprint density at radius 2 is 2.27 bits per heavy atom. The molecule has 0 spiro atoms. The van der Waals surface area contributed by atoms with Gasteiger partial charge in [-0.05, 0) is 12.5 Å². The molecule has 5 heteroatoms. The van der Waals surface area contributed by atoms with E-state index in [4.69, 9.17) is 0 Å². The lowest BCUT2D eigenvalue weighted by atomic mass is 10.3. The van der Waals surface area contributed by atoms with Crippen LogP contribution in [0, 0.1) is 0 Å². The van der Waals surface area contributed by atoms with Crippen molar-refractivity contribution in [3.05, 3.63) is 34.4 Å². The van der Waals surface area contributed by atoms with Crippen LogP contribution >= 0.6 is 0 Å². The van der Waals surface area contributed by atoms with Crippen molar-refractivity contribution in [2.75, 3.05) is 0 Å². The summed E-state index contributed by atoms with van der Waals surface area (Å²) >= 11 is 0. The Morgan fingerprint density at radius 3 is 3.00 bits per heavy atom. The van der Waals surface area contributed by atoms with Crippen molar-refractivity contribution in [1.29, 1.82) is 0 Å². The number of aryl methyl sites for hydroxylation is 1. The molecule has 2 aromatic heterocycles. The first kappa shape index (κ1) is 9.64. The molecule has 0 aromatic carbocycles. The van der Waals surface area contributed by atoms with E-state index in [1.54, 1.807) is 12.1 Å². The lowest BCUT2D eigenvalue weighted by Gasteiger charge is -1.92. The standard InChI is InChI=1S/C10H12N4O/c1-2-4-8-12-10(14-13-8)7-5-3-6-9(15)11-7/h3,5-6H,2,4H2,1H3,(H,11,15)(H,12,13,14). The number of hydrogen-bond acceptors (Lipinski definition) is 3. The van der Waals surface area contributed by atoms with Gasteiger partial charge in [0.05, 0.1) is 5.69 Å².